The summed E-state index contributed by atoms with van der Waals surface area (Å²) in [5.74, 6) is 0.872. The van der Waals surface area contributed by atoms with Gasteiger partial charge in [0.15, 0.2) is 5.76 Å². The zero-order valence-corrected chi connectivity index (χ0v) is 8.33. The fourth-order valence-corrected chi connectivity index (χ4v) is 1.41. The fourth-order valence-electron chi connectivity index (χ4n) is 1.41. The molecule has 0 bridgehead atoms. The molecule has 78 valence electrons. The van der Waals surface area contributed by atoms with Crippen molar-refractivity contribution in [3.05, 3.63) is 41.7 Å². The summed E-state index contributed by atoms with van der Waals surface area (Å²) in [5, 5.41) is 0. The highest BCUT2D eigenvalue weighted by atomic mass is 19.1. The van der Waals surface area contributed by atoms with Gasteiger partial charge in [0.05, 0.1) is 12.2 Å². The van der Waals surface area contributed by atoms with Crippen molar-refractivity contribution >= 4 is 0 Å². The van der Waals surface area contributed by atoms with E-state index in [2.05, 4.69) is 4.98 Å². The van der Waals surface area contributed by atoms with Crippen molar-refractivity contribution in [2.24, 2.45) is 5.73 Å². The summed E-state index contributed by atoms with van der Waals surface area (Å²) in [6, 6.07) is 6.09. The Bertz CT molecular complexity index is 462. The molecule has 0 saturated carbocycles. The van der Waals surface area contributed by atoms with E-state index in [4.69, 9.17) is 10.2 Å². The van der Waals surface area contributed by atoms with Gasteiger partial charge in [-0.05, 0) is 31.2 Å². The smallest absolute Gasteiger partial charge is 0.208 e. The highest BCUT2D eigenvalue weighted by Gasteiger charge is 2.10. The van der Waals surface area contributed by atoms with Crippen LogP contribution in [0.25, 0.3) is 11.3 Å². The Morgan fingerprint density at radius 3 is 2.53 bits per heavy atom. The van der Waals surface area contributed by atoms with Crippen molar-refractivity contribution in [2.45, 2.75) is 13.5 Å². The van der Waals surface area contributed by atoms with Gasteiger partial charge in [-0.1, -0.05) is 0 Å². The van der Waals surface area contributed by atoms with E-state index in [0.717, 1.165) is 11.3 Å². The van der Waals surface area contributed by atoms with Crippen molar-refractivity contribution in [1.82, 2.24) is 4.98 Å². The lowest BCUT2D eigenvalue weighted by Gasteiger charge is -1.96. The molecule has 0 aliphatic rings. The van der Waals surface area contributed by atoms with Crippen LogP contribution in [0, 0.1) is 12.7 Å². The first-order valence-corrected chi connectivity index (χ1v) is 4.63. The van der Waals surface area contributed by atoms with E-state index in [1.54, 1.807) is 12.1 Å². The van der Waals surface area contributed by atoms with Crippen LogP contribution in [0.15, 0.2) is 28.7 Å². The summed E-state index contributed by atoms with van der Waals surface area (Å²) < 4.78 is 18.1. The van der Waals surface area contributed by atoms with Crippen molar-refractivity contribution in [3.63, 3.8) is 0 Å². The van der Waals surface area contributed by atoms with Crippen molar-refractivity contribution < 1.29 is 8.81 Å². The Kier molecular flexibility index (Phi) is 2.51. The number of aromatic nitrogens is 1. The minimum absolute atomic E-state index is 0.266. The lowest BCUT2D eigenvalue weighted by atomic mass is 10.1. The van der Waals surface area contributed by atoms with Gasteiger partial charge < -0.3 is 10.2 Å². The molecule has 0 radical (unpaired) electrons. The summed E-state index contributed by atoms with van der Waals surface area (Å²) in [6.45, 7) is 2.10. The molecule has 2 rings (SSSR count). The van der Waals surface area contributed by atoms with E-state index in [0.29, 0.717) is 11.7 Å². The fraction of sp³-hybridized carbons (Fsp3) is 0.182. The van der Waals surface area contributed by atoms with E-state index in [1.807, 2.05) is 6.92 Å². The van der Waals surface area contributed by atoms with Gasteiger partial charge in [-0.3, -0.25) is 0 Å². The van der Waals surface area contributed by atoms with Gasteiger partial charge in [0.2, 0.25) is 5.89 Å². The van der Waals surface area contributed by atoms with Gasteiger partial charge in [-0.2, -0.15) is 0 Å². The predicted octanol–water partition coefficient (Wildman–Crippen LogP) is 2.25. The summed E-state index contributed by atoms with van der Waals surface area (Å²) in [7, 11) is 0. The normalized spacial score (nSPS) is 10.6. The Labute approximate surface area is 86.7 Å². The highest BCUT2D eigenvalue weighted by Crippen LogP contribution is 2.24. The number of hydrogen-bond donors (Lipinski definition) is 1. The molecule has 0 spiro atoms. The number of rotatable bonds is 2. The Hall–Kier alpha value is -1.68. The third-order valence-corrected chi connectivity index (χ3v) is 2.12. The van der Waals surface area contributed by atoms with Gasteiger partial charge in [0.25, 0.3) is 0 Å². The molecule has 1 aromatic carbocycles. The average Bonchev–Trinajstić information content (AvgIpc) is 2.61. The van der Waals surface area contributed by atoms with Crippen LogP contribution < -0.4 is 5.73 Å². The lowest BCUT2D eigenvalue weighted by Crippen LogP contribution is -1.95. The largest absolute Gasteiger partial charge is 0.439 e. The molecular weight excluding hydrogens is 195 g/mol. The zero-order chi connectivity index (χ0) is 10.8. The average molecular weight is 206 g/mol. The third kappa shape index (κ3) is 1.89. The quantitative estimate of drug-likeness (QED) is 0.819. The molecule has 0 amide bonds. The van der Waals surface area contributed by atoms with Crippen molar-refractivity contribution in [3.8, 4) is 11.3 Å². The van der Waals surface area contributed by atoms with Crippen LogP contribution in [0.5, 0.6) is 0 Å². The van der Waals surface area contributed by atoms with E-state index in [1.165, 1.54) is 12.1 Å². The van der Waals surface area contributed by atoms with Crippen LogP contribution in [0.1, 0.15) is 11.6 Å². The third-order valence-electron chi connectivity index (χ3n) is 2.12. The van der Waals surface area contributed by atoms with Gasteiger partial charge >= 0.3 is 0 Å². The number of oxazole rings is 1. The number of aryl methyl sites for hydroxylation is 1. The van der Waals surface area contributed by atoms with E-state index >= 15 is 0 Å². The first-order valence-electron chi connectivity index (χ1n) is 4.63. The van der Waals surface area contributed by atoms with E-state index in [-0.39, 0.29) is 12.4 Å². The molecule has 0 saturated heterocycles. The molecule has 1 aromatic heterocycles. The Morgan fingerprint density at radius 2 is 2.00 bits per heavy atom. The summed E-state index contributed by atoms with van der Waals surface area (Å²) in [5.41, 5.74) is 6.99. The molecule has 0 aliphatic heterocycles. The molecule has 3 nitrogen and oxygen atoms in total. The molecule has 2 N–H and O–H groups in total. The molecule has 4 heteroatoms. The van der Waals surface area contributed by atoms with Crippen LogP contribution in [0.3, 0.4) is 0 Å². The summed E-state index contributed by atoms with van der Waals surface area (Å²) in [4.78, 5) is 4.14. The van der Waals surface area contributed by atoms with Crippen LogP contribution >= 0.6 is 0 Å². The molecule has 2 aromatic rings. The molecule has 0 atom stereocenters. The second-order valence-corrected chi connectivity index (χ2v) is 3.23. The van der Waals surface area contributed by atoms with E-state index < -0.39 is 0 Å². The molecule has 15 heavy (non-hydrogen) atoms. The number of nitrogens with zero attached hydrogens (tertiary/aromatic N) is 1. The minimum Gasteiger partial charge on any atom is -0.439 e. The van der Waals surface area contributed by atoms with Gasteiger partial charge in [-0.25, -0.2) is 9.37 Å². The number of halogens is 1. The van der Waals surface area contributed by atoms with E-state index in [9.17, 15) is 4.39 Å². The van der Waals surface area contributed by atoms with Crippen molar-refractivity contribution in [2.75, 3.05) is 0 Å². The number of benzene rings is 1. The summed E-state index contributed by atoms with van der Waals surface area (Å²) >= 11 is 0. The highest BCUT2D eigenvalue weighted by molar-refractivity contribution is 5.59. The molecular formula is C11H11FN2O. The SMILES string of the molecule is Cc1nc(CN)oc1-c1ccc(F)cc1. The minimum atomic E-state index is -0.269. The van der Waals surface area contributed by atoms with Crippen LogP contribution in [-0.2, 0) is 6.54 Å². The predicted molar refractivity (Wildman–Crippen MR) is 54.5 cm³/mol. The monoisotopic (exact) mass is 206 g/mol. The Balaban J connectivity index is 2.44. The second kappa shape index (κ2) is 3.82. The maximum absolute atomic E-state index is 12.7. The maximum Gasteiger partial charge on any atom is 0.208 e. The van der Waals surface area contributed by atoms with Gasteiger partial charge in [0.1, 0.15) is 5.82 Å². The second-order valence-electron chi connectivity index (χ2n) is 3.23. The lowest BCUT2D eigenvalue weighted by molar-refractivity contribution is 0.509. The topological polar surface area (TPSA) is 52.0 Å². The first kappa shape index (κ1) is 9.86. The molecule has 0 aliphatic carbocycles. The Morgan fingerprint density at radius 1 is 1.33 bits per heavy atom. The van der Waals surface area contributed by atoms with Crippen molar-refractivity contribution in [1.29, 1.82) is 0 Å². The number of nitrogens with two attached hydrogens (primary N) is 1. The van der Waals surface area contributed by atoms with Crippen LogP contribution in [0.4, 0.5) is 4.39 Å². The molecule has 0 unspecified atom stereocenters. The molecule has 1 heterocycles. The van der Waals surface area contributed by atoms with Crippen LogP contribution in [-0.4, -0.2) is 4.98 Å². The summed E-state index contributed by atoms with van der Waals surface area (Å²) in [6.07, 6.45) is 0. The van der Waals surface area contributed by atoms with Gasteiger partial charge in [-0.15, -0.1) is 0 Å². The maximum atomic E-state index is 12.7. The molecule has 0 fully saturated rings. The standard InChI is InChI=1S/C11H11FN2O/c1-7-11(15-10(6-13)14-7)8-2-4-9(12)5-3-8/h2-5H,6,13H2,1H3. The zero-order valence-electron chi connectivity index (χ0n) is 8.33. The van der Waals surface area contributed by atoms with Crippen LogP contribution in [0.2, 0.25) is 0 Å². The number of hydrogen-bond acceptors (Lipinski definition) is 3. The van der Waals surface area contributed by atoms with Gasteiger partial charge in [0, 0.05) is 5.56 Å². The first-order chi connectivity index (χ1) is 7.20.